The Kier molecular flexibility index (Phi) is 6.03. The lowest BCUT2D eigenvalue weighted by Gasteiger charge is -2.26. The van der Waals surface area contributed by atoms with Crippen LogP contribution in [-0.4, -0.2) is 59.5 Å². The molecule has 1 aliphatic rings. The predicted octanol–water partition coefficient (Wildman–Crippen LogP) is 2.67. The Hall–Kier alpha value is -1.67. The highest BCUT2D eigenvalue weighted by atomic mass is 35.5. The van der Waals surface area contributed by atoms with Crippen molar-refractivity contribution in [2.45, 2.75) is 0 Å². The van der Waals surface area contributed by atoms with Crippen LogP contribution >= 0.6 is 23.2 Å². The Bertz CT molecular complexity index is 661. The summed E-state index contributed by atoms with van der Waals surface area (Å²) in [6.45, 7) is 5.23. The van der Waals surface area contributed by atoms with Crippen molar-refractivity contribution in [3.63, 3.8) is 0 Å². The van der Waals surface area contributed by atoms with E-state index in [1.807, 2.05) is 0 Å². The minimum absolute atomic E-state index is 0.379. The summed E-state index contributed by atoms with van der Waals surface area (Å²) in [5.41, 5.74) is 0.708. The largest absolute Gasteiger partial charge is 0.379 e. The van der Waals surface area contributed by atoms with E-state index in [4.69, 9.17) is 27.9 Å². The fraction of sp³-hybridized carbons (Fsp3) is 0.400. The Balaban J connectivity index is 1.55. The lowest BCUT2D eigenvalue weighted by atomic mass is 10.3. The maximum atomic E-state index is 5.98. The van der Waals surface area contributed by atoms with Gasteiger partial charge in [-0.3, -0.25) is 4.90 Å². The molecule has 2 heterocycles. The first kappa shape index (κ1) is 17.2. The molecule has 1 aromatic carbocycles. The van der Waals surface area contributed by atoms with Crippen LogP contribution in [0.2, 0.25) is 10.0 Å². The lowest BCUT2D eigenvalue weighted by molar-refractivity contribution is 0.0398. The molecule has 3 rings (SSSR count). The molecule has 0 aliphatic carbocycles. The second kappa shape index (κ2) is 8.43. The molecular formula is C15H18Cl2N6O. The molecule has 1 saturated heterocycles. The van der Waals surface area contributed by atoms with E-state index in [1.165, 1.54) is 0 Å². The second-order valence-corrected chi connectivity index (χ2v) is 6.20. The van der Waals surface area contributed by atoms with Gasteiger partial charge in [0.1, 0.15) is 0 Å². The number of halogens is 2. The first-order valence-electron chi connectivity index (χ1n) is 7.66. The van der Waals surface area contributed by atoms with Gasteiger partial charge in [-0.25, -0.2) is 0 Å². The molecule has 9 heteroatoms. The highest BCUT2D eigenvalue weighted by Crippen LogP contribution is 2.24. The van der Waals surface area contributed by atoms with Crippen LogP contribution in [0.4, 0.5) is 17.5 Å². The topological polar surface area (TPSA) is 75.2 Å². The summed E-state index contributed by atoms with van der Waals surface area (Å²) in [4.78, 5) is 6.73. The van der Waals surface area contributed by atoms with Gasteiger partial charge in [0.2, 0.25) is 5.95 Å². The number of benzene rings is 1. The van der Waals surface area contributed by atoms with Crippen molar-refractivity contribution in [3.05, 3.63) is 34.4 Å². The zero-order valence-corrected chi connectivity index (χ0v) is 14.5. The number of nitrogens with one attached hydrogen (secondary N) is 2. The van der Waals surface area contributed by atoms with Gasteiger partial charge in [0.05, 0.1) is 19.4 Å². The van der Waals surface area contributed by atoms with Crippen molar-refractivity contribution in [1.29, 1.82) is 0 Å². The molecule has 24 heavy (non-hydrogen) atoms. The minimum Gasteiger partial charge on any atom is -0.379 e. The number of hydrogen-bond acceptors (Lipinski definition) is 7. The molecule has 0 bridgehead atoms. The molecule has 7 nitrogen and oxygen atoms in total. The molecular weight excluding hydrogens is 351 g/mol. The Morgan fingerprint density at radius 1 is 1.12 bits per heavy atom. The molecule has 0 spiro atoms. The number of ether oxygens (including phenoxy) is 1. The Labute approximate surface area is 150 Å². The first-order chi connectivity index (χ1) is 11.7. The van der Waals surface area contributed by atoms with Crippen molar-refractivity contribution in [1.82, 2.24) is 20.1 Å². The molecule has 2 N–H and O–H groups in total. The lowest BCUT2D eigenvalue weighted by Crippen LogP contribution is -2.39. The van der Waals surface area contributed by atoms with Gasteiger partial charge in [-0.15, -0.1) is 5.10 Å². The van der Waals surface area contributed by atoms with Crippen LogP contribution in [0.3, 0.4) is 0 Å². The van der Waals surface area contributed by atoms with Gasteiger partial charge in [-0.2, -0.15) is 10.1 Å². The van der Waals surface area contributed by atoms with Crippen LogP contribution in [0.5, 0.6) is 0 Å². The third kappa shape index (κ3) is 5.17. The summed E-state index contributed by atoms with van der Waals surface area (Å²) < 4.78 is 5.33. The summed E-state index contributed by atoms with van der Waals surface area (Å²) in [5, 5.41) is 15.3. The molecule has 0 radical (unpaired) electrons. The minimum atomic E-state index is 0.379. The normalized spacial score (nSPS) is 15.2. The van der Waals surface area contributed by atoms with Gasteiger partial charge >= 0.3 is 0 Å². The molecule has 0 atom stereocenters. The van der Waals surface area contributed by atoms with Crippen LogP contribution in [0.15, 0.2) is 24.4 Å². The maximum absolute atomic E-state index is 5.98. The summed E-state index contributed by atoms with van der Waals surface area (Å²) in [6, 6.07) is 5.15. The molecule has 1 fully saturated rings. The fourth-order valence-corrected chi connectivity index (χ4v) is 2.89. The highest BCUT2D eigenvalue weighted by Gasteiger charge is 2.09. The smallest absolute Gasteiger partial charge is 0.249 e. The molecule has 1 aromatic heterocycles. The Morgan fingerprint density at radius 3 is 2.62 bits per heavy atom. The third-order valence-corrected chi connectivity index (χ3v) is 3.95. The van der Waals surface area contributed by atoms with Gasteiger partial charge in [0.15, 0.2) is 5.82 Å². The number of anilines is 3. The zero-order valence-electron chi connectivity index (χ0n) is 13.0. The molecule has 1 aliphatic heterocycles. The second-order valence-electron chi connectivity index (χ2n) is 5.33. The first-order valence-corrected chi connectivity index (χ1v) is 8.41. The quantitative estimate of drug-likeness (QED) is 0.811. The number of rotatable bonds is 6. The van der Waals surface area contributed by atoms with Crippen molar-refractivity contribution in [3.8, 4) is 0 Å². The highest BCUT2D eigenvalue weighted by molar-refractivity contribution is 6.35. The van der Waals surface area contributed by atoms with Crippen LogP contribution < -0.4 is 10.6 Å². The molecule has 0 amide bonds. The Morgan fingerprint density at radius 2 is 1.88 bits per heavy atom. The van der Waals surface area contributed by atoms with E-state index in [9.17, 15) is 0 Å². The molecule has 128 valence electrons. The van der Waals surface area contributed by atoms with Gasteiger partial charge in [-0.05, 0) is 18.2 Å². The van der Waals surface area contributed by atoms with Gasteiger partial charge in [0.25, 0.3) is 0 Å². The number of hydrogen-bond donors (Lipinski definition) is 2. The van der Waals surface area contributed by atoms with Crippen molar-refractivity contribution in [2.75, 3.05) is 50.0 Å². The number of nitrogens with zero attached hydrogens (tertiary/aromatic N) is 4. The van der Waals surface area contributed by atoms with Crippen molar-refractivity contribution < 1.29 is 4.74 Å². The van der Waals surface area contributed by atoms with Crippen molar-refractivity contribution in [2.24, 2.45) is 0 Å². The number of aromatic nitrogens is 3. The average Bonchev–Trinajstić information content (AvgIpc) is 2.55. The molecule has 2 aromatic rings. The summed E-state index contributed by atoms with van der Waals surface area (Å²) in [6.07, 6.45) is 1.59. The van der Waals surface area contributed by atoms with Gasteiger partial charge < -0.3 is 15.4 Å². The standard InChI is InChI=1S/C15H18Cl2N6O/c16-11-7-12(17)9-13(8-11)20-15-21-14(10-19-22-15)18-1-2-23-3-5-24-6-4-23/h7-10H,1-6H2,(H2,18,20,21,22). The van der Waals surface area contributed by atoms with E-state index in [0.29, 0.717) is 27.5 Å². The SMILES string of the molecule is Clc1cc(Cl)cc(Nc2nncc(NCCN3CCOCC3)n2)c1. The average molecular weight is 369 g/mol. The van der Waals surface area contributed by atoms with Crippen LogP contribution in [0.1, 0.15) is 0 Å². The van der Waals surface area contributed by atoms with E-state index < -0.39 is 0 Å². The predicted molar refractivity (Wildman–Crippen MR) is 95.3 cm³/mol. The van der Waals surface area contributed by atoms with E-state index in [2.05, 4.69) is 30.7 Å². The fourth-order valence-electron chi connectivity index (χ4n) is 2.36. The van der Waals surface area contributed by atoms with Gasteiger partial charge in [-0.1, -0.05) is 23.2 Å². The van der Waals surface area contributed by atoms with E-state index in [0.717, 1.165) is 39.4 Å². The number of morpholine rings is 1. The summed E-state index contributed by atoms with van der Waals surface area (Å²) >= 11 is 12.0. The van der Waals surface area contributed by atoms with E-state index in [1.54, 1.807) is 24.4 Å². The summed E-state index contributed by atoms with van der Waals surface area (Å²) in [7, 11) is 0. The van der Waals surface area contributed by atoms with Crippen LogP contribution in [-0.2, 0) is 4.74 Å². The molecule has 0 saturated carbocycles. The monoisotopic (exact) mass is 368 g/mol. The molecule has 0 unspecified atom stereocenters. The van der Waals surface area contributed by atoms with Gasteiger partial charge in [0, 0.05) is 41.9 Å². The third-order valence-electron chi connectivity index (χ3n) is 3.52. The van der Waals surface area contributed by atoms with Crippen molar-refractivity contribution >= 4 is 40.7 Å². The van der Waals surface area contributed by atoms with Crippen LogP contribution in [0, 0.1) is 0 Å². The zero-order chi connectivity index (χ0) is 16.8. The van der Waals surface area contributed by atoms with E-state index >= 15 is 0 Å². The van der Waals surface area contributed by atoms with Crippen LogP contribution in [0.25, 0.3) is 0 Å². The summed E-state index contributed by atoms with van der Waals surface area (Å²) in [5.74, 6) is 1.04. The maximum Gasteiger partial charge on any atom is 0.249 e. The van der Waals surface area contributed by atoms with E-state index in [-0.39, 0.29) is 0 Å².